The Labute approximate surface area is 118 Å². The number of hydrogen-bond acceptors (Lipinski definition) is 5. The van der Waals surface area contributed by atoms with Crippen LogP contribution in [0.3, 0.4) is 0 Å². The average molecular weight is 283 g/mol. The molecule has 1 aromatic rings. The number of ether oxygens (including phenoxy) is 1. The van der Waals surface area contributed by atoms with E-state index in [9.17, 15) is 9.90 Å². The first-order valence-electron chi connectivity index (χ1n) is 6.08. The lowest BCUT2D eigenvalue weighted by Gasteiger charge is -2.22. The number of nitrogens with one attached hydrogen (secondary N) is 1. The van der Waals surface area contributed by atoms with Gasteiger partial charge in [-0.15, -0.1) is 0 Å². The van der Waals surface area contributed by atoms with Gasteiger partial charge in [-0.2, -0.15) is 11.8 Å². The van der Waals surface area contributed by atoms with E-state index in [1.54, 1.807) is 23.9 Å². The number of carbonyl (C=O) groups excluding carboxylic acids is 1. The summed E-state index contributed by atoms with van der Waals surface area (Å²) in [6.45, 7) is 3.01. The molecule has 0 saturated heterocycles. The minimum atomic E-state index is -0.703. The molecule has 106 valence electrons. The average Bonchev–Trinajstić information content (AvgIpc) is 2.38. The van der Waals surface area contributed by atoms with Gasteiger partial charge < -0.3 is 15.2 Å². The van der Waals surface area contributed by atoms with Crippen molar-refractivity contribution in [1.29, 1.82) is 0 Å². The van der Waals surface area contributed by atoms with Crippen molar-refractivity contribution in [1.82, 2.24) is 5.32 Å². The van der Waals surface area contributed by atoms with E-state index in [2.05, 4.69) is 10.1 Å². The number of hydrogen-bond donors (Lipinski definition) is 2. The molecule has 0 aliphatic carbocycles. The van der Waals surface area contributed by atoms with Gasteiger partial charge in [-0.1, -0.05) is 12.1 Å². The molecular formula is C14H21NO3S. The number of aliphatic hydroxyl groups is 1. The number of rotatable bonds is 7. The van der Waals surface area contributed by atoms with E-state index in [0.29, 0.717) is 24.4 Å². The number of carbonyl (C=O) groups is 1. The van der Waals surface area contributed by atoms with Gasteiger partial charge in [0, 0.05) is 18.8 Å². The maximum Gasteiger partial charge on any atom is 0.337 e. The Hall–Kier alpha value is -1.04. The molecule has 5 heteroatoms. The standard InChI is InChI=1S/C14H21NO3S/c1-14(17,10-19-3)9-15-8-11-4-6-12(7-5-11)13(16)18-2/h4-7,15,17H,8-10H2,1-3H3. The largest absolute Gasteiger partial charge is 0.465 e. The predicted molar refractivity (Wildman–Crippen MR) is 78.5 cm³/mol. The van der Waals surface area contributed by atoms with Crippen molar-refractivity contribution in [3.63, 3.8) is 0 Å². The summed E-state index contributed by atoms with van der Waals surface area (Å²) in [7, 11) is 1.37. The lowest BCUT2D eigenvalue weighted by atomic mass is 10.1. The third kappa shape index (κ3) is 5.63. The highest BCUT2D eigenvalue weighted by Crippen LogP contribution is 2.10. The molecule has 0 fully saturated rings. The van der Waals surface area contributed by atoms with Crippen LogP contribution >= 0.6 is 11.8 Å². The first-order valence-corrected chi connectivity index (χ1v) is 7.47. The fourth-order valence-electron chi connectivity index (χ4n) is 1.71. The van der Waals surface area contributed by atoms with Crippen LogP contribution in [0.15, 0.2) is 24.3 Å². The molecule has 0 aliphatic heterocycles. The highest BCUT2D eigenvalue weighted by atomic mass is 32.2. The molecule has 0 aromatic heterocycles. The zero-order valence-corrected chi connectivity index (χ0v) is 12.4. The van der Waals surface area contributed by atoms with Crippen LogP contribution < -0.4 is 5.32 Å². The minimum absolute atomic E-state index is 0.331. The van der Waals surface area contributed by atoms with Gasteiger partial charge >= 0.3 is 5.97 Å². The Balaban J connectivity index is 2.44. The van der Waals surface area contributed by atoms with E-state index in [-0.39, 0.29) is 5.97 Å². The van der Waals surface area contributed by atoms with Crippen LogP contribution in [-0.4, -0.2) is 42.3 Å². The number of benzene rings is 1. The van der Waals surface area contributed by atoms with Crippen LogP contribution in [0.2, 0.25) is 0 Å². The van der Waals surface area contributed by atoms with Gasteiger partial charge in [0.05, 0.1) is 18.3 Å². The highest BCUT2D eigenvalue weighted by molar-refractivity contribution is 7.98. The second kappa shape index (κ2) is 7.53. The summed E-state index contributed by atoms with van der Waals surface area (Å²) in [6, 6.07) is 7.23. The molecule has 1 aromatic carbocycles. The van der Waals surface area contributed by atoms with Gasteiger partial charge in [-0.25, -0.2) is 4.79 Å². The topological polar surface area (TPSA) is 58.6 Å². The van der Waals surface area contributed by atoms with Crippen LogP contribution in [-0.2, 0) is 11.3 Å². The quantitative estimate of drug-likeness (QED) is 0.746. The monoisotopic (exact) mass is 283 g/mol. The Morgan fingerprint density at radius 3 is 2.58 bits per heavy atom. The van der Waals surface area contributed by atoms with E-state index < -0.39 is 5.60 Å². The molecule has 0 bridgehead atoms. The van der Waals surface area contributed by atoms with E-state index >= 15 is 0 Å². The van der Waals surface area contributed by atoms with Crippen molar-refractivity contribution < 1.29 is 14.6 Å². The molecular weight excluding hydrogens is 262 g/mol. The van der Waals surface area contributed by atoms with Crippen molar-refractivity contribution in [2.45, 2.75) is 19.1 Å². The minimum Gasteiger partial charge on any atom is -0.465 e. The van der Waals surface area contributed by atoms with E-state index in [1.807, 2.05) is 25.3 Å². The van der Waals surface area contributed by atoms with Crippen LogP contribution in [0.25, 0.3) is 0 Å². The normalized spacial score (nSPS) is 13.9. The van der Waals surface area contributed by atoms with Gasteiger partial charge in [-0.3, -0.25) is 0 Å². The maximum absolute atomic E-state index is 11.3. The fraction of sp³-hybridized carbons (Fsp3) is 0.500. The van der Waals surface area contributed by atoms with Crippen LogP contribution in [0.4, 0.5) is 0 Å². The third-order valence-corrected chi connectivity index (χ3v) is 3.58. The van der Waals surface area contributed by atoms with Gasteiger partial charge in [0.1, 0.15) is 0 Å². The summed E-state index contributed by atoms with van der Waals surface area (Å²) < 4.78 is 4.64. The van der Waals surface area contributed by atoms with Crippen molar-refractivity contribution in [3.8, 4) is 0 Å². The number of thioether (sulfide) groups is 1. The maximum atomic E-state index is 11.3. The van der Waals surface area contributed by atoms with E-state index in [1.165, 1.54) is 7.11 Å². The Kier molecular flexibility index (Phi) is 6.34. The first kappa shape index (κ1) is 16.0. The first-order chi connectivity index (χ1) is 8.98. The third-order valence-electron chi connectivity index (χ3n) is 2.67. The van der Waals surface area contributed by atoms with Crippen molar-refractivity contribution in [2.75, 3.05) is 25.7 Å². The molecule has 1 rings (SSSR count). The van der Waals surface area contributed by atoms with Crippen LogP contribution in [0.1, 0.15) is 22.8 Å². The molecule has 1 unspecified atom stereocenters. The summed E-state index contributed by atoms with van der Waals surface area (Å²) in [4.78, 5) is 11.3. The SMILES string of the molecule is COC(=O)c1ccc(CNCC(C)(O)CSC)cc1. The van der Waals surface area contributed by atoms with Gasteiger partial charge in [-0.05, 0) is 30.9 Å². The van der Waals surface area contributed by atoms with Crippen LogP contribution in [0.5, 0.6) is 0 Å². The molecule has 0 radical (unpaired) electrons. The zero-order valence-electron chi connectivity index (χ0n) is 11.6. The van der Waals surface area contributed by atoms with E-state index in [0.717, 1.165) is 5.56 Å². The van der Waals surface area contributed by atoms with Crippen molar-refractivity contribution in [2.24, 2.45) is 0 Å². The summed E-state index contributed by atoms with van der Waals surface area (Å²) in [6.07, 6.45) is 1.97. The molecule has 1 atom stereocenters. The predicted octanol–water partition coefficient (Wildman–Crippen LogP) is 1.68. The van der Waals surface area contributed by atoms with Gasteiger partial charge in [0.15, 0.2) is 0 Å². The van der Waals surface area contributed by atoms with Crippen molar-refractivity contribution >= 4 is 17.7 Å². The van der Waals surface area contributed by atoms with Crippen molar-refractivity contribution in [3.05, 3.63) is 35.4 Å². The Bertz CT molecular complexity index is 404. The van der Waals surface area contributed by atoms with E-state index in [4.69, 9.17) is 0 Å². The molecule has 0 saturated carbocycles. The fourth-order valence-corrected chi connectivity index (χ4v) is 2.44. The summed E-state index contributed by atoms with van der Waals surface area (Å²) in [5.74, 6) is 0.365. The second-order valence-electron chi connectivity index (χ2n) is 4.72. The molecule has 19 heavy (non-hydrogen) atoms. The molecule has 4 nitrogen and oxygen atoms in total. The lowest BCUT2D eigenvalue weighted by molar-refractivity contribution is 0.0600. The highest BCUT2D eigenvalue weighted by Gasteiger charge is 2.18. The summed E-state index contributed by atoms with van der Waals surface area (Å²) in [5, 5.41) is 13.2. The Morgan fingerprint density at radius 1 is 1.42 bits per heavy atom. The molecule has 0 heterocycles. The molecule has 0 spiro atoms. The number of methoxy groups -OCH3 is 1. The molecule has 0 aliphatic rings. The Morgan fingerprint density at radius 2 is 2.05 bits per heavy atom. The number of esters is 1. The molecule has 0 amide bonds. The van der Waals surface area contributed by atoms with Gasteiger partial charge in [0.2, 0.25) is 0 Å². The van der Waals surface area contributed by atoms with Crippen LogP contribution in [0, 0.1) is 0 Å². The summed E-state index contributed by atoms with van der Waals surface area (Å²) in [5.41, 5.74) is 0.902. The molecule has 2 N–H and O–H groups in total. The lowest BCUT2D eigenvalue weighted by Crippen LogP contribution is -2.39. The summed E-state index contributed by atoms with van der Waals surface area (Å²) >= 11 is 1.62. The second-order valence-corrected chi connectivity index (χ2v) is 5.59. The smallest absolute Gasteiger partial charge is 0.337 e. The van der Waals surface area contributed by atoms with Gasteiger partial charge in [0.25, 0.3) is 0 Å². The zero-order chi connectivity index (χ0) is 14.3.